The average molecular weight is 251 g/mol. The zero-order valence-electron chi connectivity index (χ0n) is 8.22. The quantitative estimate of drug-likeness (QED) is 0.820. The van der Waals surface area contributed by atoms with Crippen molar-refractivity contribution in [2.24, 2.45) is 5.73 Å². The number of nitriles is 1. The zero-order valence-corrected chi connectivity index (χ0v) is 8.22. The molecule has 0 aliphatic heterocycles. The molecular formula is C9H6F5N3. The van der Waals surface area contributed by atoms with Crippen LogP contribution in [-0.2, 0) is 12.7 Å². The molecule has 17 heavy (non-hydrogen) atoms. The summed E-state index contributed by atoms with van der Waals surface area (Å²) in [6, 6.07) is 2.12. The predicted octanol–water partition coefficient (Wildman–Crippen LogP) is 2.37. The van der Waals surface area contributed by atoms with Crippen molar-refractivity contribution in [2.45, 2.75) is 19.1 Å². The van der Waals surface area contributed by atoms with Crippen molar-refractivity contribution < 1.29 is 22.0 Å². The molecule has 0 spiro atoms. The third kappa shape index (κ3) is 2.68. The molecule has 0 atom stereocenters. The second kappa shape index (κ2) is 4.63. The van der Waals surface area contributed by atoms with Crippen LogP contribution < -0.4 is 5.73 Å². The lowest BCUT2D eigenvalue weighted by Crippen LogP contribution is -2.16. The lowest BCUT2D eigenvalue weighted by Gasteiger charge is -2.14. The Hall–Kier alpha value is -1.75. The van der Waals surface area contributed by atoms with Gasteiger partial charge in [-0.15, -0.1) is 0 Å². The molecule has 0 radical (unpaired) electrons. The van der Waals surface area contributed by atoms with E-state index in [1.807, 2.05) is 0 Å². The Balaban J connectivity index is 3.60. The van der Waals surface area contributed by atoms with Crippen molar-refractivity contribution in [3.63, 3.8) is 0 Å². The maximum Gasteiger partial charge on any atom is 0.433 e. The Morgan fingerprint density at radius 2 is 2.00 bits per heavy atom. The van der Waals surface area contributed by atoms with Crippen molar-refractivity contribution in [2.75, 3.05) is 0 Å². The van der Waals surface area contributed by atoms with Gasteiger partial charge in [-0.2, -0.15) is 18.4 Å². The average Bonchev–Trinajstić information content (AvgIpc) is 2.25. The molecule has 0 unspecified atom stereocenters. The standard InChI is InChI=1S/C9H6F5N3/c10-8(11)6-4(2-15)1-5(3-16)17-7(6)9(12,13)14/h1,8H,3,16H2. The Bertz CT molecular complexity index is 461. The third-order valence-corrected chi connectivity index (χ3v) is 1.93. The first-order valence-corrected chi connectivity index (χ1v) is 4.30. The van der Waals surface area contributed by atoms with E-state index in [1.165, 1.54) is 6.07 Å². The topological polar surface area (TPSA) is 62.7 Å². The molecule has 3 nitrogen and oxygen atoms in total. The second-order valence-electron chi connectivity index (χ2n) is 3.04. The highest BCUT2D eigenvalue weighted by Crippen LogP contribution is 2.36. The van der Waals surface area contributed by atoms with Crippen LogP contribution in [0, 0.1) is 11.3 Å². The van der Waals surface area contributed by atoms with E-state index < -0.39 is 29.4 Å². The maximum absolute atomic E-state index is 12.5. The maximum atomic E-state index is 12.5. The molecule has 0 aromatic carbocycles. The molecule has 2 N–H and O–H groups in total. The molecular weight excluding hydrogens is 245 g/mol. The Morgan fingerprint density at radius 1 is 1.41 bits per heavy atom. The number of halogens is 5. The van der Waals surface area contributed by atoms with E-state index in [1.54, 1.807) is 0 Å². The van der Waals surface area contributed by atoms with Crippen LogP contribution >= 0.6 is 0 Å². The van der Waals surface area contributed by atoms with Gasteiger partial charge in [0.25, 0.3) is 6.43 Å². The lowest BCUT2D eigenvalue weighted by atomic mass is 10.1. The molecule has 1 aromatic rings. The first kappa shape index (κ1) is 13.3. The van der Waals surface area contributed by atoms with Gasteiger partial charge < -0.3 is 5.73 Å². The summed E-state index contributed by atoms with van der Waals surface area (Å²) in [5.74, 6) is 0. The van der Waals surface area contributed by atoms with Crippen LogP contribution in [0.15, 0.2) is 6.07 Å². The van der Waals surface area contributed by atoms with Gasteiger partial charge >= 0.3 is 6.18 Å². The van der Waals surface area contributed by atoms with Crippen LogP contribution in [0.3, 0.4) is 0 Å². The van der Waals surface area contributed by atoms with Gasteiger partial charge in [-0.1, -0.05) is 0 Å². The monoisotopic (exact) mass is 251 g/mol. The molecule has 92 valence electrons. The van der Waals surface area contributed by atoms with Crippen LogP contribution in [0.1, 0.15) is 28.9 Å². The summed E-state index contributed by atoms with van der Waals surface area (Å²) in [5, 5.41) is 8.56. The highest BCUT2D eigenvalue weighted by Gasteiger charge is 2.39. The van der Waals surface area contributed by atoms with Crippen molar-refractivity contribution in [3.05, 3.63) is 28.6 Å². The van der Waals surface area contributed by atoms with Crippen molar-refractivity contribution in [1.82, 2.24) is 4.98 Å². The van der Waals surface area contributed by atoms with Gasteiger partial charge in [0.15, 0.2) is 5.69 Å². The number of hydrogen-bond acceptors (Lipinski definition) is 3. The van der Waals surface area contributed by atoms with Crippen LogP contribution in [0.25, 0.3) is 0 Å². The predicted molar refractivity (Wildman–Crippen MR) is 46.8 cm³/mol. The van der Waals surface area contributed by atoms with Crippen LogP contribution in [-0.4, -0.2) is 4.98 Å². The Labute approximate surface area is 92.7 Å². The van der Waals surface area contributed by atoms with Gasteiger partial charge in [-0.25, -0.2) is 13.8 Å². The number of nitrogens with two attached hydrogens (primary N) is 1. The first-order valence-electron chi connectivity index (χ1n) is 4.30. The molecule has 1 heterocycles. The molecule has 1 aromatic heterocycles. The number of rotatable bonds is 2. The fourth-order valence-corrected chi connectivity index (χ4v) is 1.24. The number of hydrogen-bond donors (Lipinski definition) is 1. The fourth-order valence-electron chi connectivity index (χ4n) is 1.24. The van der Waals surface area contributed by atoms with E-state index in [2.05, 4.69) is 4.98 Å². The second-order valence-corrected chi connectivity index (χ2v) is 3.04. The van der Waals surface area contributed by atoms with Crippen molar-refractivity contribution in [3.8, 4) is 6.07 Å². The summed E-state index contributed by atoms with van der Waals surface area (Å²) < 4.78 is 62.5. The molecule has 0 aliphatic carbocycles. The Morgan fingerprint density at radius 3 is 2.35 bits per heavy atom. The largest absolute Gasteiger partial charge is 0.433 e. The molecule has 1 rings (SSSR count). The minimum Gasteiger partial charge on any atom is -0.325 e. The number of nitrogens with zero attached hydrogens (tertiary/aromatic N) is 2. The molecule has 0 bridgehead atoms. The fraction of sp³-hybridized carbons (Fsp3) is 0.333. The highest BCUT2D eigenvalue weighted by atomic mass is 19.4. The van der Waals surface area contributed by atoms with Crippen LogP contribution in [0.5, 0.6) is 0 Å². The summed E-state index contributed by atoms with van der Waals surface area (Å²) in [4.78, 5) is 3.01. The molecule has 0 aliphatic rings. The number of aromatic nitrogens is 1. The first-order chi connectivity index (χ1) is 7.81. The van der Waals surface area contributed by atoms with E-state index in [0.717, 1.165) is 6.07 Å². The molecule has 0 saturated heterocycles. The SMILES string of the molecule is N#Cc1cc(CN)nc(C(F)(F)F)c1C(F)F. The van der Waals surface area contributed by atoms with Gasteiger partial charge in [-0.05, 0) is 6.07 Å². The number of alkyl halides is 5. The summed E-state index contributed by atoms with van der Waals surface area (Å²) in [5.41, 5.74) is 0.895. The van der Waals surface area contributed by atoms with E-state index in [9.17, 15) is 22.0 Å². The minimum atomic E-state index is -5.05. The Kier molecular flexibility index (Phi) is 3.63. The van der Waals surface area contributed by atoms with Gasteiger partial charge in [0.2, 0.25) is 0 Å². The van der Waals surface area contributed by atoms with Gasteiger partial charge in [0, 0.05) is 6.54 Å². The summed E-state index contributed by atoms with van der Waals surface area (Å²) in [6.45, 7) is -0.374. The normalized spacial score (nSPS) is 11.6. The van der Waals surface area contributed by atoms with Gasteiger partial charge in [-0.3, -0.25) is 0 Å². The molecule has 0 saturated carbocycles. The zero-order chi connectivity index (χ0) is 13.2. The highest BCUT2D eigenvalue weighted by molar-refractivity contribution is 5.43. The van der Waals surface area contributed by atoms with Crippen LogP contribution in [0.4, 0.5) is 22.0 Å². The summed E-state index contributed by atoms with van der Waals surface area (Å²) >= 11 is 0. The summed E-state index contributed by atoms with van der Waals surface area (Å²) in [7, 11) is 0. The minimum absolute atomic E-state index is 0.265. The molecule has 0 fully saturated rings. The van der Waals surface area contributed by atoms with E-state index in [0.29, 0.717) is 0 Å². The van der Waals surface area contributed by atoms with Gasteiger partial charge in [0.1, 0.15) is 0 Å². The van der Waals surface area contributed by atoms with Crippen molar-refractivity contribution in [1.29, 1.82) is 5.26 Å². The number of pyridine rings is 1. The van der Waals surface area contributed by atoms with E-state index >= 15 is 0 Å². The van der Waals surface area contributed by atoms with E-state index in [4.69, 9.17) is 11.0 Å². The third-order valence-electron chi connectivity index (χ3n) is 1.93. The van der Waals surface area contributed by atoms with Crippen molar-refractivity contribution >= 4 is 0 Å². The van der Waals surface area contributed by atoms with Crippen LogP contribution in [0.2, 0.25) is 0 Å². The smallest absolute Gasteiger partial charge is 0.325 e. The van der Waals surface area contributed by atoms with Gasteiger partial charge in [0.05, 0.1) is 22.9 Å². The lowest BCUT2D eigenvalue weighted by molar-refractivity contribution is -0.143. The molecule has 8 heteroatoms. The van der Waals surface area contributed by atoms with E-state index in [-0.39, 0.29) is 12.2 Å². The molecule has 0 amide bonds. The summed E-state index contributed by atoms with van der Waals surface area (Å²) in [6.07, 6.45) is -8.48.